The molecule has 0 unspecified atom stereocenters. The van der Waals surface area contributed by atoms with E-state index in [1.165, 1.54) is 6.20 Å². The predicted octanol–water partition coefficient (Wildman–Crippen LogP) is 3.50. The van der Waals surface area contributed by atoms with Gasteiger partial charge in [0.1, 0.15) is 5.01 Å². The second-order valence-corrected chi connectivity index (χ2v) is 7.67. The van der Waals surface area contributed by atoms with Gasteiger partial charge in [-0.25, -0.2) is 13.4 Å². The maximum Gasteiger partial charge on any atom is 0.272 e. The Bertz CT molecular complexity index is 624. The average Bonchev–Trinajstić information content (AvgIpc) is 2.65. The van der Waals surface area contributed by atoms with Crippen LogP contribution in [0, 0.1) is 0 Å². The second-order valence-electron chi connectivity index (χ2n) is 2.93. The third-order valence-corrected chi connectivity index (χ3v) is 5.40. The van der Waals surface area contributed by atoms with Crippen LogP contribution in [-0.2, 0) is 9.05 Å². The summed E-state index contributed by atoms with van der Waals surface area (Å²) >= 11 is 4.39. The van der Waals surface area contributed by atoms with Gasteiger partial charge in [-0.1, -0.05) is 28.1 Å². The Kier molecular flexibility index (Phi) is 3.34. The first-order valence-electron chi connectivity index (χ1n) is 4.13. The van der Waals surface area contributed by atoms with Gasteiger partial charge in [-0.3, -0.25) is 0 Å². The molecule has 2 rings (SSSR count). The molecule has 0 saturated heterocycles. The summed E-state index contributed by atoms with van der Waals surface area (Å²) in [6.07, 6.45) is 1.27. The highest BCUT2D eigenvalue weighted by atomic mass is 79.9. The zero-order chi connectivity index (χ0) is 11.8. The molecule has 1 heterocycles. The van der Waals surface area contributed by atoms with Crippen molar-refractivity contribution >= 4 is 47.0 Å². The van der Waals surface area contributed by atoms with Gasteiger partial charge in [0.05, 0.1) is 6.20 Å². The molecule has 0 spiro atoms. The van der Waals surface area contributed by atoms with Gasteiger partial charge in [-0.15, -0.1) is 11.3 Å². The molecule has 7 heteroatoms. The van der Waals surface area contributed by atoms with Gasteiger partial charge in [0.15, 0.2) is 4.21 Å². The molecule has 1 aromatic heterocycles. The van der Waals surface area contributed by atoms with Crippen LogP contribution in [0.4, 0.5) is 0 Å². The summed E-state index contributed by atoms with van der Waals surface area (Å²) in [4.78, 5) is 4.03. The lowest BCUT2D eigenvalue weighted by Crippen LogP contribution is -1.83. The molecular formula is C9H5BrClNO2S2. The second kappa shape index (κ2) is 4.44. The normalized spacial score (nSPS) is 11.6. The molecule has 0 N–H and O–H groups in total. The fraction of sp³-hybridized carbons (Fsp3) is 0. The highest BCUT2D eigenvalue weighted by Crippen LogP contribution is 2.30. The Morgan fingerprint density at radius 1 is 1.38 bits per heavy atom. The van der Waals surface area contributed by atoms with E-state index in [0.29, 0.717) is 5.01 Å². The Morgan fingerprint density at radius 2 is 2.12 bits per heavy atom. The SMILES string of the molecule is O=S(=O)(Cl)c1cnc(-c2cccc(Br)c2)s1. The van der Waals surface area contributed by atoms with Gasteiger partial charge in [0, 0.05) is 20.7 Å². The van der Waals surface area contributed by atoms with Crippen LogP contribution in [-0.4, -0.2) is 13.4 Å². The maximum absolute atomic E-state index is 11.1. The summed E-state index contributed by atoms with van der Waals surface area (Å²) in [6.45, 7) is 0. The minimum Gasteiger partial charge on any atom is -0.243 e. The first-order valence-corrected chi connectivity index (χ1v) is 8.05. The maximum atomic E-state index is 11.1. The van der Waals surface area contributed by atoms with Gasteiger partial charge < -0.3 is 0 Å². The van der Waals surface area contributed by atoms with Gasteiger partial charge >= 0.3 is 0 Å². The van der Waals surface area contributed by atoms with Crippen LogP contribution >= 0.6 is 37.9 Å². The lowest BCUT2D eigenvalue weighted by Gasteiger charge is -1.95. The van der Waals surface area contributed by atoms with Gasteiger partial charge in [0.25, 0.3) is 9.05 Å². The van der Waals surface area contributed by atoms with Crippen LogP contribution in [0.1, 0.15) is 0 Å². The average molecular weight is 339 g/mol. The summed E-state index contributed by atoms with van der Waals surface area (Å²) in [6, 6.07) is 7.46. The van der Waals surface area contributed by atoms with Crippen molar-refractivity contribution in [3.8, 4) is 10.6 Å². The summed E-state index contributed by atoms with van der Waals surface area (Å²) in [5, 5.41) is 0.625. The zero-order valence-electron chi connectivity index (χ0n) is 7.72. The van der Waals surface area contributed by atoms with E-state index in [4.69, 9.17) is 10.7 Å². The molecule has 3 nitrogen and oxygen atoms in total. The summed E-state index contributed by atoms with van der Waals surface area (Å²) in [5.41, 5.74) is 0.853. The van der Waals surface area contributed by atoms with E-state index in [2.05, 4.69) is 20.9 Å². The number of benzene rings is 1. The van der Waals surface area contributed by atoms with E-state index in [-0.39, 0.29) is 4.21 Å². The number of halogens is 2. The van der Waals surface area contributed by atoms with Crippen molar-refractivity contribution < 1.29 is 8.42 Å². The Balaban J connectivity index is 2.47. The molecule has 1 aromatic carbocycles. The number of hydrogen-bond donors (Lipinski definition) is 0. The molecule has 84 valence electrons. The molecule has 0 aliphatic carbocycles. The molecule has 0 saturated carbocycles. The zero-order valence-corrected chi connectivity index (χ0v) is 11.7. The van der Waals surface area contributed by atoms with Crippen LogP contribution < -0.4 is 0 Å². The molecule has 0 aliphatic heterocycles. The smallest absolute Gasteiger partial charge is 0.243 e. The molecule has 2 aromatic rings. The number of hydrogen-bond acceptors (Lipinski definition) is 4. The van der Waals surface area contributed by atoms with Crippen molar-refractivity contribution in [2.75, 3.05) is 0 Å². The lowest BCUT2D eigenvalue weighted by molar-refractivity contribution is 0.611. The minimum absolute atomic E-state index is 0.0594. The third kappa shape index (κ3) is 2.63. The Hall–Kier alpha value is -0.430. The Morgan fingerprint density at radius 3 is 2.69 bits per heavy atom. The molecule has 0 amide bonds. The largest absolute Gasteiger partial charge is 0.272 e. The van der Waals surface area contributed by atoms with Crippen molar-refractivity contribution in [2.24, 2.45) is 0 Å². The van der Waals surface area contributed by atoms with E-state index in [9.17, 15) is 8.42 Å². The van der Waals surface area contributed by atoms with Crippen molar-refractivity contribution in [3.05, 3.63) is 34.9 Å². The summed E-state index contributed by atoms with van der Waals surface area (Å²) in [7, 11) is 1.54. The fourth-order valence-corrected chi connectivity index (χ4v) is 3.39. The Labute approximate surface area is 110 Å². The number of nitrogens with zero attached hydrogens (tertiary/aromatic N) is 1. The predicted molar refractivity (Wildman–Crippen MR) is 68.3 cm³/mol. The molecule has 0 bridgehead atoms. The third-order valence-electron chi connectivity index (χ3n) is 1.80. The van der Waals surface area contributed by atoms with Gasteiger partial charge in [-0.2, -0.15) is 0 Å². The van der Waals surface area contributed by atoms with E-state index in [1.807, 2.05) is 24.3 Å². The van der Waals surface area contributed by atoms with Gasteiger partial charge in [0.2, 0.25) is 0 Å². The van der Waals surface area contributed by atoms with Crippen molar-refractivity contribution in [1.29, 1.82) is 0 Å². The lowest BCUT2D eigenvalue weighted by atomic mass is 10.2. The van der Waals surface area contributed by atoms with Crippen LogP contribution in [0.5, 0.6) is 0 Å². The number of aromatic nitrogens is 1. The summed E-state index contributed by atoms with van der Waals surface area (Å²) < 4.78 is 23.1. The van der Waals surface area contributed by atoms with E-state index in [0.717, 1.165) is 21.4 Å². The summed E-state index contributed by atoms with van der Waals surface area (Å²) in [5.74, 6) is 0. The van der Waals surface area contributed by atoms with Crippen molar-refractivity contribution in [2.45, 2.75) is 4.21 Å². The van der Waals surface area contributed by atoms with Crippen LogP contribution in [0.3, 0.4) is 0 Å². The van der Waals surface area contributed by atoms with Crippen LogP contribution in [0.25, 0.3) is 10.6 Å². The molecule has 0 aliphatic rings. The first-order chi connectivity index (χ1) is 7.47. The van der Waals surface area contributed by atoms with Crippen molar-refractivity contribution in [1.82, 2.24) is 4.98 Å². The standard InChI is InChI=1S/C9H5BrClNO2S2/c10-7-3-1-2-6(4-7)9-12-5-8(15-9)16(11,13)14/h1-5H. The van der Waals surface area contributed by atoms with Crippen LogP contribution in [0.2, 0.25) is 0 Å². The molecular weight excluding hydrogens is 334 g/mol. The fourth-order valence-electron chi connectivity index (χ4n) is 1.13. The quantitative estimate of drug-likeness (QED) is 0.787. The van der Waals surface area contributed by atoms with E-state index in [1.54, 1.807) is 0 Å². The molecule has 16 heavy (non-hydrogen) atoms. The highest BCUT2D eigenvalue weighted by molar-refractivity contribution is 9.10. The highest BCUT2D eigenvalue weighted by Gasteiger charge is 2.15. The molecule has 0 fully saturated rings. The monoisotopic (exact) mass is 337 g/mol. The van der Waals surface area contributed by atoms with E-state index < -0.39 is 9.05 Å². The molecule has 0 atom stereocenters. The topological polar surface area (TPSA) is 47.0 Å². The minimum atomic E-state index is -3.68. The number of rotatable bonds is 2. The number of thiazole rings is 1. The molecule has 0 radical (unpaired) electrons. The van der Waals surface area contributed by atoms with E-state index >= 15 is 0 Å². The van der Waals surface area contributed by atoms with Crippen LogP contribution in [0.15, 0.2) is 39.1 Å². The van der Waals surface area contributed by atoms with Gasteiger partial charge in [-0.05, 0) is 12.1 Å². The van der Waals surface area contributed by atoms with Crippen molar-refractivity contribution in [3.63, 3.8) is 0 Å². The first kappa shape index (κ1) is 12.0.